The molecule has 16 heterocycles. The molecule has 5 aromatic carbocycles. The lowest BCUT2D eigenvalue weighted by Crippen LogP contribution is -2.35. The molecule has 0 spiro atoms. The van der Waals surface area contributed by atoms with Gasteiger partial charge in [-0.05, 0) is 167 Å². The predicted molar refractivity (Wildman–Crippen MR) is 503 cm³/mol. The zero-order valence-corrected chi connectivity index (χ0v) is 75.0. The number of nitrogens with zero attached hydrogens (tertiary/aromatic N) is 26. The third kappa shape index (κ3) is 19.0. The van der Waals surface area contributed by atoms with Crippen LogP contribution in [-0.4, -0.2) is 154 Å². The monoisotopic (exact) mass is 1910 g/mol. The van der Waals surface area contributed by atoms with Crippen LogP contribution in [0.5, 0.6) is 0 Å². The number of anilines is 5. The molecule has 0 radical (unpaired) electrons. The Kier molecular flexibility index (Phi) is 25.5. The fraction of sp³-hybridized carbons (Fsp3) is 0.158. The Hall–Kier alpha value is -16.7. The zero-order valence-electron chi connectivity index (χ0n) is 73.5. The van der Waals surface area contributed by atoms with Crippen LogP contribution in [0.1, 0.15) is 72.8 Å². The maximum absolute atomic E-state index is 14.6. The quantitative estimate of drug-likeness (QED) is 0.0498. The Labute approximate surface area is 786 Å². The Morgan fingerprint density at radius 1 is 0.420 bits per heavy atom. The number of benzene rings is 5. The van der Waals surface area contributed by atoms with Gasteiger partial charge < -0.3 is 38.0 Å². The molecule has 2 aliphatic rings. The van der Waals surface area contributed by atoms with E-state index in [1.807, 2.05) is 125 Å². The van der Waals surface area contributed by atoms with Gasteiger partial charge in [-0.1, -0.05) is 83.9 Å². The third-order valence-electron chi connectivity index (χ3n) is 22.4. The first-order valence-corrected chi connectivity index (χ1v) is 43.3. The van der Waals surface area contributed by atoms with Gasteiger partial charge in [0.05, 0.1) is 80.2 Å². The van der Waals surface area contributed by atoms with Crippen molar-refractivity contribution >= 4 is 81.2 Å². The number of alkyl halides is 3. The van der Waals surface area contributed by atoms with Crippen molar-refractivity contribution in [2.45, 2.75) is 72.1 Å². The smallest absolute Gasteiger partial charge is 0.379 e. The number of hydrogen-bond acceptors (Lipinski definition) is 27. The first kappa shape index (κ1) is 91.8. The molecule has 694 valence electrons. The molecule has 2 fully saturated rings. The number of aryl methyl sites for hydroxylation is 3. The maximum Gasteiger partial charge on any atom is 0.433 e. The second-order valence-electron chi connectivity index (χ2n) is 32.3. The van der Waals surface area contributed by atoms with Gasteiger partial charge in [0, 0.05) is 118 Å². The lowest BCUT2D eigenvalue weighted by Gasteiger charge is -2.26. The number of hydrogen-bond donors (Lipinski definition) is 5. The lowest BCUT2D eigenvalue weighted by atomic mass is 9.98. The molecule has 0 atom stereocenters. The highest BCUT2D eigenvalue weighted by Gasteiger charge is 2.35. The summed E-state index contributed by atoms with van der Waals surface area (Å²) in [6.45, 7) is 13.0. The van der Waals surface area contributed by atoms with E-state index in [4.69, 9.17) is 56.6 Å². The number of fused-ring (bicyclic) bond motifs is 5. The van der Waals surface area contributed by atoms with Gasteiger partial charge in [-0.3, -0.25) is 41.7 Å². The Bertz CT molecular complexity index is 8110. The van der Waals surface area contributed by atoms with Crippen molar-refractivity contribution in [3.8, 4) is 112 Å². The summed E-state index contributed by atoms with van der Waals surface area (Å²) in [6.07, 6.45) is 8.31. The van der Waals surface area contributed by atoms with E-state index in [1.165, 1.54) is 77.4 Å². The topological polar surface area (TPSA) is 432 Å². The molecule has 1 aliphatic carbocycles. The summed E-state index contributed by atoms with van der Waals surface area (Å²) in [6, 6.07) is 47.0. The number of pyridine rings is 5. The van der Waals surface area contributed by atoms with E-state index in [0.717, 1.165) is 142 Å². The number of aromatic nitrogens is 25. The van der Waals surface area contributed by atoms with Gasteiger partial charge in [-0.15, -0.1) is 51.0 Å². The molecular weight excluding hydrogens is 1830 g/mol. The minimum absolute atomic E-state index is 0.00837. The van der Waals surface area contributed by atoms with E-state index in [-0.39, 0.29) is 85.0 Å². The van der Waals surface area contributed by atoms with Crippen LogP contribution in [0, 0.1) is 49.9 Å². The van der Waals surface area contributed by atoms with E-state index in [0.29, 0.717) is 74.6 Å². The van der Waals surface area contributed by atoms with E-state index in [1.54, 1.807) is 48.5 Å². The van der Waals surface area contributed by atoms with Crippen molar-refractivity contribution in [1.29, 1.82) is 0 Å². The summed E-state index contributed by atoms with van der Waals surface area (Å²) < 4.78 is 124. The van der Waals surface area contributed by atoms with Gasteiger partial charge in [-0.25, -0.2) is 56.8 Å². The van der Waals surface area contributed by atoms with Crippen LogP contribution >= 0.6 is 23.2 Å². The Morgan fingerprint density at radius 2 is 0.833 bits per heavy atom. The first-order chi connectivity index (χ1) is 66.4. The van der Waals surface area contributed by atoms with Crippen LogP contribution in [0.15, 0.2) is 225 Å². The fourth-order valence-corrected chi connectivity index (χ4v) is 16.5. The molecule has 1 saturated heterocycles. The molecule has 1 saturated carbocycles. The van der Waals surface area contributed by atoms with E-state index < -0.39 is 41.0 Å². The van der Waals surface area contributed by atoms with Crippen LogP contribution in [-0.2, 0) is 17.5 Å². The summed E-state index contributed by atoms with van der Waals surface area (Å²) in [4.78, 5) is 53.6. The fourth-order valence-electron chi connectivity index (χ4n) is 16.0. The van der Waals surface area contributed by atoms with Gasteiger partial charge in [0.2, 0.25) is 29.7 Å². The second kappa shape index (κ2) is 38.4. The average Bonchev–Trinajstić information content (AvgIpc) is 1.58. The minimum atomic E-state index is -4.65. The molecule has 15 aromatic heterocycles. The molecule has 0 bridgehead atoms. The van der Waals surface area contributed by atoms with Crippen molar-refractivity contribution in [3.63, 3.8) is 0 Å². The molecular formula is C95H77Cl2F8N31O2. The van der Waals surface area contributed by atoms with Gasteiger partial charge in [-0.2, -0.15) is 13.2 Å². The number of ether oxygens (including phenoxy) is 1. The van der Waals surface area contributed by atoms with Crippen LogP contribution < -0.4 is 34.2 Å². The molecule has 0 unspecified atom stereocenters. The molecule has 33 nitrogen and oxygen atoms in total. The summed E-state index contributed by atoms with van der Waals surface area (Å²) in [5.41, 5.74) is 46.0. The summed E-state index contributed by atoms with van der Waals surface area (Å²) >= 11 is 12.6. The molecule has 10 N–H and O–H groups in total. The summed E-state index contributed by atoms with van der Waals surface area (Å²) in [7, 11) is 0. The highest BCUT2D eigenvalue weighted by atomic mass is 35.5. The molecule has 1 aliphatic heterocycles. The molecule has 43 heteroatoms. The Balaban J connectivity index is 0.000000115. The van der Waals surface area contributed by atoms with Crippen molar-refractivity contribution in [2.75, 3.05) is 55.0 Å². The highest BCUT2D eigenvalue weighted by Crippen LogP contribution is 2.46. The van der Waals surface area contributed by atoms with Gasteiger partial charge in [0.15, 0.2) is 28.2 Å². The highest BCUT2D eigenvalue weighted by molar-refractivity contribution is 6.33. The predicted octanol–water partition coefficient (Wildman–Crippen LogP) is 17.2. The average molecular weight is 1910 g/mol. The largest absolute Gasteiger partial charge is 0.433 e. The first-order valence-electron chi connectivity index (χ1n) is 42.6. The standard InChI is InChI=1S/C21H20ClN7O.C20H16F2N6.C19H18N6O.C18H11ClF4N6.C17H12F2N6/c22-17-11-15(10-16(25-17)12-28-6-8-30-9-7-28)18-19(14-4-2-1-3-5-14)26-21(23)29-13-24-27-20(18)29;1-10-6-12(7-16(25-10)11-2-3-11)17-18(14-5-4-13(21)8-15(14)22)26-20(23)28-9-24-27-19(17)28;1-12(2)24-10-14(8-9-15(24)26)16-17(13-6-4-3-5-7-13)22-19(20)25-11-21-23-18(16)25;1-8-4-9(5-13(26-8)18(21,22)23)14-15(11-3-2-10(20)6-12(11)19)27-17(24)29-7-25-28-16(14)29;1-9-6-10(4-5-21-9)14-15(12-3-2-11(18)7-13(12)19)23-17(20)25-8-22-24-16(14)25/h1-5,10-11,13H,6-9,12H2,(H2,23,26);4-9,11H,2-3H2,1H3,(H2,23,26);3-12H,1-2H3,(H2,20,22);2-7H,1H3,(H2,24,27);2-8H,1H3,(H2,20,23). The van der Waals surface area contributed by atoms with E-state index >= 15 is 0 Å². The molecule has 20 aromatic rings. The Morgan fingerprint density at radius 3 is 1.28 bits per heavy atom. The molecule has 0 amide bonds. The third-order valence-corrected chi connectivity index (χ3v) is 22.9. The number of rotatable bonds is 14. The number of nitrogen functional groups attached to an aromatic ring is 5. The SMILES string of the molecule is CC(C)n1cc(-c2c(-c3ccccc3)nc(N)n3cnnc23)ccc1=O.Cc1cc(-c2c(-c3ccc(F)cc3Cl)nc(N)n3cnnc23)cc(C(F)(F)F)n1.Cc1cc(-c2c(-c3ccc(F)cc3F)nc(N)n3cnnc23)cc(C2CC2)n1.Cc1cc(-c2c(-c3ccc(F)cc3F)nc(N)n3cnnc23)ccn1.Nc1nc(-c2ccccc2)c(-c2cc(Cl)nc(CN3CCOCC3)c2)c2nncn12. The summed E-state index contributed by atoms with van der Waals surface area (Å²) in [5.74, 6) is -2.05. The normalized spacial score (nSPS) is 12.8. The number of halogens is 10. The maximum atomic E-state index is 14.6. The van der Waals surface area contributed by atoms with Crippen LogP contribution in [0.3, 0.4) is 0 Å². The summed E-state index contributed by atoms with van der Waals surface area (Å²) in [5, 5.41) is 40.9. The van der Waals surface area contributed by atoms with Gasteiger partial charge >= 0.3 is 6.18 Å². The van der Waals surface area contributed by atoms with Gasteiger partial charge in [0.25, 0.3) is 5.56 Å². The minimum Gasteiger partial charge on any atom is -0.379 e. The van der Waals surface area contributed by atoms with Crippen LogP contribution in [0.25, 0.3) is 140 Å². The number of nitrogens with two attached hydrogens (primary N) is 5. The van der Waals surface area contributed by atoms with Gasteiger partial charge in [0.1, 0.15) is 71.6 Å². The molecule has 22 rings (SSSR count). The number of morpholine rings is 1. The second-order valence-corrected chi connectivity index (χ2v) is 33.1. The van der Waals surface area contributed by atoms with Crippen molar-refractivity contribution in [3.05, 3.63) is 304 Å². The van der Waals surface area contributed by atoms with E-state index in [9.17, 15) is 39.9 Å². The van der Waals surface area contributed by atoms with E-state index in [2.05, 4.69) is 101 Å². The lowest BCUT2D eigenvalue weighted by molar-refractivity contribution is -0.141. The van der Waals surface area contributed by atoms with Crippen LogP contribution in [0.4, 0.5) is 64.9 Å². The van der Waals surface area contributed by atoms with Crippen molar-refractivity contribution < 1.29 is 39.9 Å². The molecule has 138 heavy (non-hydrogen) atoms. The zero-order chi connectivity index (χ0) is 96.6. The van der Waals surface area contributed by atoms with Crippen molar-refractivity contribution in [2.24, 2.45) is 0 Å². The van der Waals surface area contributed by atoms with Crippen molar-refractivity contribution in [1.82, 2.24) is 127 Å². The van der Waals surface area contributed by atoms with Crippen LogP contribution in [0.2, 0.25) is 10.2 Å².